The molecule has 80 valence electrons. The van der Waals surface area contributed by atoms with Crippen molar-refractivity contribution >= 4 is 11.5 Å². The molecule has 1 aromatic heterocycles. The lowest BCUT2D eigenvalue weighted by molar-refractivity contribution is 0.787. The Morgan fingerprint density at radius 3 is 2.93 bits per heavy atom. The van der Waals surface area contributed by atoms with Gasteiger partial charge in [0.05, 0.1) is 11.4 Å². The van der Waals surface area contributed by atoms with Crippen LogP contribution < -0.4 is 11.1 Å². The van der Waals surface area contributed by atoms with Gasteiger partial charge in [-0.25, -0.2) is 4.98 Å². The molecule has 0 bridgehead atoms. The van der Waals surface area contributed by atoms with Gasteiger partial charge in [0.25, 0.3) is 0 Å². The Morgan fingerprint density at radius 2 is 2.27 bits per heavy atom. The van der Waals surface area contributed by atoms with Crippen molar-refractivity contribution in [2.75, 3.05) is 17.6 Å². The Bertz CT molecular complexity index is 352. The number of nitrogens with zero attached hydrogens (tertiary/aromatic N) is 1. The number of terminal acetylenes is 1. The predicted molar refractivity (Wildman–Crippen MR) is 64.6 cm³/mol. The van der Waals surface area contributed by atoms with E-state index >= 15 is 0 Å². The zero-order chi connectivity index (χ0) is 11.1. The van der Waals surface area contributed by atoms with Crippen molar-refractivity contribution in [2.24, 2.45) is 0 Å². The first-order valence-corrected chi connectivity index (χ1v) is 5.14. The van der Waals surface area contributed by atoms with Gasteiger partial charge in [-0.3, -0.25) is 0 Å². The van der Waals surface area contributed by atoms with E-state index in [2.05, 4.69) is 16.2 Å². The number of hydrogen-bond donors (Lipinski definition) is 2. The van der Waals surface area contributed by atoms with Crippen LogP contribution in [0, 0.1) is 19.3 Å². The molecule has 15 heavy (non-hydrogen) atoms. The largest absolute Gasteiger partial charge is 0.397 e. The number of unbranched alkanes of at least 4 members (excludes halogenated alkanes) is 2. The van der Waals surface area contributed by atoms with E-state index in [1.165, 1.54) is 0 Å². The molecule has 0 fully saturated rings. The lowest BCUT2D eigenvalue weighted by atomic mass is 10.2. The van der Waals surface area contributed by atoms with Crippen LogP contribution in [0.2, 0.25) is 0 Å². The fraction of sp³-hybridized carbons (Fsp3) is 0.417. The molecule has 0 spiro atoms. The lowest BCUT2D eigenvalue weighted by Gasteiger charge is -2.06. The van der Waals surface area contributed by atoms with E-state index in [0.717, 1.165) is 43.0 Å². The Balaban J connectivity index is 2.32. The minimum atomic E-state index is 0.730. The highest BCUT2D eigenvalue weighted by Crippen LogP contribution is 2.11. The quantitative estimate of drug-likeness (QED) is 0.569. The first kappa shape index (κ1) is 11.4. The maximum atomic E-state index is 5.67. The fourth-order valence-corrected chi connectivity index (χ4v) is 1.24. The Labute approximate surface area is 91.1 Å². The fourth-order valence-electron chi connectivity index (χ4n) is 1.24. The van der Waals surface area contributed by atoms with E-state index in [-0.39, 0.29) is 0 Å². The lowest BCUT2D eigenvalue weighted by Crippen LogP contribution is -2.04. The molecule has 0 radical (unpaired) electrons. The smallest absolute Gasteiger partial charge is 0.126 e. The van der Waals surface area contributed by atoms with Crippen molar-refractivity contribution in [3.05, 3.63) is 17.8 Å². The molecule has 3 N–H and O–H groups in total. The van der Waals surface area contributed by atoms with Crippen LogP contribution in [-0.4, -0.2) is 11.5 Å². The van der Waals surface area contributed by atoms with Gasteiger partial charge < -0.3 is 11.1 Å². The third kappa shape index (κ3) is 3.90. The van der Waals surface area contributed by atoms with Crippen LogP contribution in [0.15, 0.2) is 12.1 Å². The van der Waals surface area contributed by atoms with Gasteiger partial charge in [-0.2, -0.15) is 0 Å². The number of nitrogens with two attached hydrogens (primary N) is 1. The summed E-state index contributed by atoms with van der Waals surface area (Å²) in [5.41, 5.74) is 7.26. The number of pyridine rings is 1. The third-order valence-electron chi connectivity index (χ3n) is 2.18. The Morgan fingerprint density at radius 1 is 1.47 bits per heavy atom. The molecule has 0 saturated heterocycles. The minimum absolute atomic E-state index is 0.730. The molecule has 0 aromatic carbocycles. The van der Waals surface area contributed by atoms with E-state index in [1.54, 1.807) is 0 Å². The van der Waals surface area contributed by atoms with Crippen molar-refractivity contribution in [3.63, 3.8) is 0 Å². The number of nitrogen functional groups attached to an aromatic ring is 1. The summed E-state index contributed by atoms with van der Waals surface area (Å²) in [7, 11) is 0. The molecule has 0 aliphatic heterocycles. The number of nitrogens with one attached hydrogen (secondary N) is 1. The third-order valence-corrected chi connectivity index (χ3v) is 2.18. The summed E-state index contributed by atoms with van der Waals surface area (Å²) < 4.78 is 0. The number of anilines is 2. The molecule has 0 atom stereocenters. The van der Waals surface area contributed by atoms with Crippen LogP contribution in [-0.2, 0) is 0 Å². The van der Waals surface area contributed by atoms with Gasteiger partial charge in [0, 0.05) is 13.0 Å². The summed E-state index contributed by atoms with van der Waals surface area (Å²) in [6.07, 6.45) is 8.12. The predicted octanol–water partition coefficient (Wildman–Crippen LogP) is 2.19. The standard InChI is InChI=1S/C12H17N3/c1-3-4-5-6-9-14-12-8-7-11(13)10(2)15-12/h1,7-8H,4-6,9,13H2,2H3,(H,14,15). The first-order chi connectivity index (χ1) is 7.24. The number of aryl methyl sites for hydroxylation is 1. The van der Waals surface area contributed by atoms with E-state index in [0.29, 0.717) is 0 Å². The van der Waals surface area contributed by atoms with E-state index in [1.807, 2.05) is 19.1 Å². The van der Waals surface area contributed by atoms with Crippen LogP contribution in [0.4, 0.5) is 11.5 Å². The number of aromatic nitrogens is 1. The number of rotatable bonds is 5. The summed E-state index contributed by atoms with van der Waals surface area (Å²) in [5.74, 6) is 3.50. The van der Waals surface area contributed by atoms with Crippen molar-refractivity contribution in [3.8, 4) is 12.3 Å². The summed E-state index contributed by atoms with van der Waals surface area (Å²) in [4.78, 5) is 4.31. The highest BCUT2D eigenvalue weighted by atomic mass is 15.0. The molecular formula is C12H17N3. The normalized spacial score (nSPS) is 9.60. The highest BCUT2D eigenvalue weighted by Gasteiger charge is 1.97. The van der Waals surface area contributed by atoms with E-state index in [9.17, 15) is 0 Å². The molecule has 1 heterocycles. The average molecular weight is 203 g/mol. The Kier molecular flexibility index (Phi) is 4.49. The Hall–Kier alpha value is -1.69. The van der Waals surface area contributed by atoms with Crippen molar-refractivity contribution in [1.82, 2.24) is 4.98 Å². The molecule has 0 unspecified atom stereocenters. The molecule has 3 heteroatoms. The summed E-state index contributed by atoms with van der Waals surface area (Å²) >= 11 is 0. The summed E-state index contributed by atoms with van der Waals surface area (Å²) in [6.45, 7) is 2.80. The van der Waals surface area contributed by atoms with Crippen LogP contribution in [0.25, 0.3) is 0 Å². The topological polar surface area (TPSA) is 50.9 Å². The molecule has 0 amide bonds. The number of hydrogen-bond acceptors (Lipinski definition) is 3. The summed E-state index contributed by atoms with van der Waals surface area (Å²) in [6, 6.07) is 3.76. The van der Waals surface area contributed by atoms with Crippen LogP contribution in [0.5, 0.6) is 0 Å². The second-order valence-electron chi connectivity index (χ2n) is 3.46. The monoisotopic (exact) mass is 203 g/mol. The maximum Gasteiger partial charge on any atom is 0.126 e. The van der Waals surface area contributed by atoms with Gasteiger partial charge >= 0.3 is 0 Å². The second-order valence-corrected chi connectivity index (χ2v) is 3.46. The van der Waals surface area contributed by atoms with Gasteiger partial charge in [0.1, 0.15) is 5.82 Å². The van der Waals surface area contributed by atoms with Gasteiger partial charge in [-0.15, -0.1) is 12.3 Å². The zero-order valence-electron chi connectivity index (χ0n) is 9.09. The first-order valence-electron chi connectivity index (χ1n) is 5.14. The van der Waals surface area contributed by atoms with E-state index < -0.39 is 0 Å². The van der Waals surface area contributed by atoms with Gasteiger partial charge in [0.2, 0.25) is 0 Å². The highest BCUT2D eigenvalue weighted by molar-refractivity contribution is 5.48. The molecular weight excluding hydrogens is 186 g/mol. The van der Waals surface area contributed by atoms with Crippen molar-refractivity contribution in [1.29, 1.82) is 0 Å². The minimum Gasteiger partial charge on any atom is -0.397 e. The molecule has 0 aliphatic carbocycles. The SMILES string of the molecule is C#CCCCCNc1ccc(N)c(C)n1. The zero-order valence-corrected chi connectivity index (χ0v) is 9.09. The van der Waals surface area contributed by atoms with Gasteiger partial charge in [-0.1, -0.05) is 0 Å². The van der Waals surface area contributed by atoms with Crippen molar-refractivity contribution in [2.45, 2.75) is 26.2 Å². The van der Waals surface area contributed by atoms with Crippen LogP contribution >= 0.6 is 0 Å². The molecule has 0 saturated carbocycles. The van der Waals surface area contributed by atoms with Gasteiger partial charge in [0.15, 0.2) is 0 Å². The molecule has 1 rings (SSSR count). The molecule has 3 nitrogen and oxygen atoms in total. The maximum absolute atomic E-state index is 5.67. The average Bonchev–Trinajstić information content (AvgIpc) is 2.23. The molecule has 0 aliphatic rings. The van der Waals surface area contributed by atoms with E-state index in [4.69, 9.17) is 12.2 Å². The summed E-state index contributed by atoms with van der Waals surface area (Å²) in [5, 5.41) is 3.24. The second kappa shape index (κ2) is 5.92. The van der Waals surface area contributed by atoms with Crippen LogP contribution in [0.1, 0.15) is 25.0 Å². The van der Waals surface area contributed by atoms with Crippen molar-refractivity contribution < 1.29 is 0 Å². The molecule has 1 aromatic rings. The van der Waals surface area contributed by atoms with Gasteiger partial charge in [-0.05, 0) is 31.9 Å². The van der Waals surface area contributed by atoms with Crippen LogP contribution in [0.3, 0.4) is 0 Å².